The van der Waals surface area contributed by atoms with Crippen molar-refractivity contribution < 1.29 is 27.9 Å². The maximum Gasteiger partial charge on any atom is 0.416 e. The summed E-state index contributed by atoms with van der Waals surface area (Å²) in [7, 11) is 0. The Kier molecular flexibility index (Phi) is 6.75. The molecule has 9 heteroatoms. The monoisotopic (exact) mass is 381 g/mol. The van der Waals surface area contributed by atoms with Gasteiger partial charge in [0.2, 0.25) is 0 Å². The Balaban J connectivity index is 1.96. The number of rotatable bonds is 8. The Hall–Kier alpha value is -3.10. The van der Waals surface area contributed by atoms with Crippen LogP contribution in [-0.2, 0) is 22.4 Å². The van der Waals surface area contributed by atoms with Gasteiger partial charge in [0.15, 0.2) is 0 Å². The second kappa shape index (κ2) is 9.02. The fraction of sp³-hybridized carbons (Fsp3) is 0.278. The molecule has 1 heterocycles. The Morgan fingerprint density at radius 1 is 1.22 bits per heavy atom. The number of carboxylic acid groups (broad SMARTS) is 1. The molecule has 0 amide bonds. The average Bonchev–Trinajstić information content (AvgIpc) is 2.64. The normalized spacial score (nSPS) is 11.9. The first-order chi connectivity index (χ1) is 12.8. The van der Waals surface area contributed by atoms with E-state index in [-0.39, 0.29) is 13.2 Å². The quantitative estimate of drug-likeness (QED) is 0.535. The summed E-state index contributed by atoms with van der Waals surface area (Å²) in [5.74, 6) is -0.573. The lowest BCUT2D eigenvalue weighted by atomic mass is 10.1. The van der Waals surface area contributed by atoms with Crippen LogP contribution in [0.15, 0.2) is 47.8 Å². The molecular formula is C18H18F3N3O3. The molecule has 27 heavy (non-hydrogen) atoms. The SMILES string of the molecule is CC/C(=N\OCc1ccc(C(F)(F)F)cc1)c1ccc(NCC(=O)O)nc1. The zero-order valence-corrected chi connectivity index (χ0v) is 14.5. The fourth-order valence-corrected chi connectivity index (χ4v) is 2.13. The molecule has 0 radical (unpaired) electrons. The minimum atomic E-state index is -4.37. The van der Waals surface area contributed by atoms with Gasteiger partial charge in [-0.1, -0.05) is 24.2 Å². The fourth-order valence-electron chi connectivity index (χ4n) is 2.13. The van der Waals surface area contributed by atoms with Crippen molar-refractivity contribution in [3.8, 4) is 0 Å². The number of carbonyl (C=O) groups is 1. The molecule has 0 bridgehead atoms. The molecule has 0 fully saturated rings. The first kappa shape index (κ1) is 20.2. The lowest BCUT2D eigenvalue weighted by Gasteiger charge is -2.08. The molecule has 2 rings (SSSR count). The lowest BCUT2D eigenvalue weighted by molar-refractivity contribution is -0.137. The largest absolute Gasteiger partial charge is 0.480 e. The van der Waals surface area contributed by atoms with Crippen molar-refractivity contribution in [3.05, 3.63) is 59.3 Å². The molecule has 0 saturated heterocycles. The van der Waals surface area contributed by atoms with Crippen molar-refractivity contribution in [1.29, 1.82) is 0 Å². The second-order valence-electron chi connectivity index (χ2n) is 5.54. The van der Waals surface area contributed by atoms with Crippen molar-refractivity contribution in [2.24, 2.45) is 5.16 Å². The summed E-state index contributed by atoms with van der Waals surface area (Å²) < 4.78 is 37.6. The van der Waals surface area contributed by atoms with E-state index < -0.39 is 17.7 Å². The van der Waals surface area contributed by atoms with Crippen molar-refractivity contribution >= 4 is 17.5 Å². The third kappa shape index (κ3) is 6.28. The lowest BCUT2D eigenvalue weighted by Crippen LogP contribution is -2.13. The van der Waals surface area contributed by atoms with Crippen LogP contribution in [0.4, 0.5) is 19.0 Å². The van der Waals surface area contributed by atoms with Crippen LogP contribution in [0.3, 0.4) is 0 Å². The van der Waals surface area contributed by atoms with Gasteiger partial charge in [-0.2, -0.15) is 13.2 Å². The van der Waals surface area contributed by atoms with E-state index in [1.807, 2.05) is 6.92 Å². The van der Waals surface area contributed by atoms with Crippen LogP contribution in [0.5, 0.6) is 0 Å². The van der Waals surface area contributed by atoms with Crippen LogP contribution in [0, 0.1) is 0 Å². The number of aromatic nitrogens is 1. The molecule has 0 aliphatic rings. The topological polar surface area (TPSA) is 83.8 Å². The van der Waals surface area contributed by atoms with Crippen molar-refractivity contribution in [2.75, 3.05) is 11.9 Å². The number of nitrogens with one attached hydrogen (secondary N) is 1. The van der Waals surface area contributed by atoms with Crippen molar-refractivity contribution in [3.63, 3.8) is 0 Å². The van der Waals surface area contributed by atoms with E-state index in [1.165, 1.54) is 18.3 Å². The Bertz CT molecular complexity index is 788. The smallest absolute Gasteiger partial charge is 0.416 e. The molecule has 0 aliphatic heterocycles. The Morgan fingerprint density at radius 3 is 2.44 bits per heavy atom. The zero-order chi connectivity index (χ0) is 19.9. The van der Waals surface area contributed by atoms with E-state index >= 15 is 0 Å². The van der Waals surface area contributed by atoms with E-state index in [9.17, 15) is 18.0 Å². The van der Waals surface area contributed by atoms with Gasteiger partial charge in [-0.25, -0.2) is 4.98 Å². The summed E-state index contributed by atoms with van der Waals surface area (Å²) in [4.78, 5) is 19.9. The van der Waals surface area contributed by atoms with Gasteiger partial charge < -0.3 is 15.3 Å². The summed E-state index contributed by atoms with van der Waals surface area (Å²) in [6.07, 6.45) is -2.28. The molecule has 0 unspecified atom stereocenters. The number of benzene rings is 1. The van der Waals surface area contributed by atoms with Gasteiger partial charge in [-0.15, -0.1) is 0 Å². The summed E-state index contributed by atoms with van der Waals surface area (Å²) in [6, 6.07) is 8.02. The molecule has 144 valence electrons. The number of nitrogens with zero attached hydrogens (tertiary/aromatic N) is 2. The average molecular weight is 381 g/mol. The molecule has 1 aromatic carbocycles. The predicted octanol–water partition coefficient (Wildman–Crippen LogP) is 3.93. The van der Waals surface area contributed by atoms with E-state index in [4.69, 9.17) is 9.94 Å². The molecule has 1 aromatic heterocycles. The highest BCUT2D eigenvalue weighted by atomic mass is 19.4. The number of oxime groups is 1. The summed E-state index contributed by atoms with van der Waals surface area (Å²) in [6.45, 7) is 1.67. The van der Waals surface area contributed by atoms with Gasteiger partial charge in [-0.05, 0) is 36.2 Å². The Morgan fingerprint density at radius 2 is 1.93 bits per heavy atom. The third-order valence-electron chi connectivity index (χ3n) is 3.54. The standard InChI is InChI=1S/C18H18F3N3O3/c1-2-15(13-5-8-16(22-9-13)23-10-17(25)26)24-27-11-12-3-6-14(7-4-12)18(19,20)21/h3-9H,2,10-11H2,1H3,(H,22,23)(H,25,26)/b24-15+. The maximum absolute atomic E-state index is 12.5. The molecular weight excluding hydrogens is 363 g/mol. The number of aliphatic carboxylic acids is 1. The third-order valence-corrected chi connectivity index (χ3v) is 3.54. The second-order valence-corrected chi connectivity index (χ2v) is 5.54. The predicted molar refractivity (Wildman–Crippen MR) is 93.4 cm³/mol. The highest BCUT2D eigenvalue weighted by Crippen LogP contribution is 2.29. The van der Waals surface area contributed by atoms with Gasteiger partial charge in [0.1, 0.15) is 19.0 Å². The number of hydrogen-bond donors (Lipinski definition) is 2. The number of hydrogen-bond acceptors (Lipinski definition) is 5. The van der Waals surface area contributed by atoms with Crippen LogP contribution >= 0.6 is 0 Å². The van der Waals surface area contributed by atoms with E-state index in [0.717, 1.165) is 12.1 Å². The van der Waals surface area contributed by atoms with Gasteiger partial charge in [0.25, 0.3) is 0 Å². The van der Waals surface area contributed by atoms with Crippen molar-refractivity contribution in [2.45, 2.75) is 26.1 Å². The van der Waals surface area contributed by atoms with Crippen LogP contribution in [0.1, 0.15) is 30.0 Å². The first-order valence-electron chi connectivity index (χ1n) is 8.06. The minimum Gasteiger partial charge on any atom is -0.480 e. The number of alkyl halides is 3. The van der Waals surface area contributed by atoms with Crippen LogP contribution in [0.25, 0.3) is 0 Å². The molecule has 0 aliphatic carbocycles. The van der Waals surface area contributed by atoms with Crippen LogP contribution in [-0.4, -0.2) is 28.3 Å². The number of anilines is 1. The summed E-state index contributed by atoms with van der Waals surface area (Å²) in [5, 5.41) is 15.3. The number of halogens is 3. The van der Waals surface area contributed by atoms with Gasteiger partial charge in [0.05, 0.1) is 11.3 Å². The van der Waals surface area contributed by atoms with E-state index in [0.29, 0.717) is 29.1 Å². The molecule has 0 spiro atoms. The number of pyridine rings is 1. The minimum absolute atomic E-state index is 0.0350. The number of carboxylic acids is 1. The van der Waals surface area contributed by atoms with Crippen LogP contribution < -0.4 is 5.32 Å². The first-order valence-corrected chi connectivity index (χ1v) is 8.06. The van der Waals surface area contributed by atoms with Gasteiger partial charge in [-0.3, -0.25) is 4.79 Å². The highest BCUT2D eigenvalue weighted by molar-refractivity contribution is 5.99. The summed E-state index contributed by atoms with van der Waals surface area (Å²) in [5.41, 5.74) is 1.16. The van der Waals surface area contributed by atoms with Crippen molar-refractivity contribution in [1.82, 2.24) is 4.98 Å². The summed E-state index contributed by atoms with van der Waals surface area (Å²) >= 11 is 0. The van der Waals surface area contributed by atoms with E-state index in [2.05, 4.69) is 15.5 Å². The highest BCUT2D eigenvalue weighted by Gasteiger charge is 2.29. The molecule has 6 nitrogen and oxygen atoms in total. The molecule has 0 saturated carbocycles. The van der Waals surface area contributed by atoms with Gasteiger partial charge in [0, 0.05) is 11.8 Å². The zero-order valence-electron chi connectivity index (χ0n) is 14.5. The van der Waals surface area contributed by atoms with E-state index in [1.54, 1.807) is 12.1 Å². The molecule has 2 aromatic rings. The van der Waals surface area contributed by atoms with Gasteiger partial charge >= 0.3 is 12.1 Å². The molecule has 2 N–H and O–H groups in total. The molecule has 0 atom stereocenters. The maximum atomic E-state index is 12.5. The van der Waals surface area contributed by atoms with Crippen LogP contribution in [0.2, 0.25) is 0 Å². The Labute approximate surface area is 153 Å².